The molecule has 0 spiro atoms. The van der Waals surface area contributed by atoms with Gasteiger partial charge in [0.1, 0.15) is 4.90 Å². The Balaban J connectivity index is 1.93. The standard InChI is InChI=1S/C19H22F2N6O4S2/c1-9(18(28)29)6-12-13-11(22-3)7-10(33(30,31)26-19(2)4-5-19)8-27(13)15(23-12)17-25-24-16(32-17)14(20)21/h7-9,14,22,26H,4-6H2,1-3H3,(H,28,29). The van der Waals surface area contributed by atoms with E-state index in [2.05, 4.69) is 25.2 Å². The number of alkyl halides is 2. The molecular formula is C19H22F2N6O4S2. The Kier molecular flexibility index (Phi) is 5.87. The Labute approximate surface area is 192 Å². The normalized spacial score (nSPS) is 16.3. The lowest BCUT2D eigenvalue weighted by molar-refractivity contribution is -0.141. The molecule has 0 saturated heterocycles. The minimum atomic E-state index is -3.90. The molecule has 3 aromatic heterocycles. The fraction of sp³-hybridized carbons (Fsp3) is 0.474. The Morgan fingerprint density at radius 1 is 1.36 bits per heavy atom. The predicted molar refractivity (Wildman–Crippen MR) is 117 cm³/mol. The van der Waals surface area contributed by atoms with Crippen molar-refractivity contribution in [3.8, 4) is 10.8 Å². The molecule has 178 valence electrons. The third kappa shape index (κ3) is 4.54. The second-order valence-corrected chi connectivity index (χ2v) is 11.0. The van der Waals surface area contributed by atoms with Gasteiger partial charge in [0, 0.05) is 25.2 Å². The van der Waals surface area contributed by atoms with E-state index in [1.807, 2.05) is 6.92 Å². The molecule has 1 fully saturated rings. The van der Waals surface area contributed by atoms with E-state index >= 15 is 0 Å². The van der Waals surface area contributed by atoms with Gasteiger partial charge in [-0.25, -0.2) is 26.9 Å². The molecular weight excluding hydrogens is 478 g/mol. The van der Waals surface area contributed by atoms with Crippen LogP contribution >= 0.6 is 11.3 Å². The van der Waals surface area contributed by atoms with Crippen LogP contribution in [0.3, 0.4) is 0 Å². The van der Waals surface area contributed by atoms with Crippen molar-refractivity contribution in [1.29, 1.82) is 0 Å². The summed E-state index contributed by atoms with van der Waals surface area (Å²) >= 11 is 0.637. The molecule has 3 aromatic rings. The molecule has 0 radical (unpaired) electrons. The van der Waals surface area contributed by atoms with Gasteiger partial charge >= 0.3 is 5.97 Å². The number of carboxylic acids is 1. The maximum absolute atomic E-state index is 13.1. The molecule has 0 amide bonds. The Morgan fingerprint density at radius 3 is 2.61 bits per heavy atom. The molecule has 0 aliphatic heterocycles. The van der Waals surface area contributed by atoms with Crippen molar-refractivity contribution in [3.05, 3.63) is 23.0 Å². The number of pyridine rings is 1. The third-order valence-corrected chi connectivity index (χ3v) is 8.01. The van der Waals surface area contributed by atoms with E-state index in [9.17, 15) is 27.1 Å². The molecule has 0 bridgehead atoms. The molecule has 1 saturated carbocycles. The van der Waals surface area contributed by atoms with E-state index in [0.717, 1.165) is 12.8 Å². The van der Waals surface area contributed by atoms with Crippen LogP contribution in [-0.4, -0.2) is 51.7 Å². The van der Waals surface area contributed by atoms with Gasteiger partial charge in [-0.1, -0.05) is 18.3 Å². The highest BCUT2D eigenvalue weighted by atomic mass is 32.2. The second-order valence-electron chi connectivity index (χ2n) is 8.30. The molecule has 10 nitrogen and oxygen atoms in total. The number of carbonyl (C=O) groups is 1. The second kappa shape index (κ2) is 8.25. The summed E-state index contributed by atoms with van der Waals surface area (Å²) in [4.78, 5) is 15.9. The zero-order chi connectivity index (χ0) is 24.1. The summed E-state index contributed by atoms with van der Waals surface area (Å²) in [6.45, 7) is 3.33. The largest absolute Gasteiger partial charge is 0.481 e. The number of carboxylic acid groups (broad SMARTS) is 1. The molecule has 3 heterocycles. The monoisotopic (exact) mass is 500 g/mol. The van der Waals surface area contributed by atoms with Crippen molar-refractivity contribution in [1.82, 2.24) is 24.3 Å². The highest BCUT2D eigenvalue weighted by Gasteiger charge is 2.41. The van der Waals surface area contributed by atoms with Crippen molar-refractivity contribution < 1.29 is 27.1 Å². The minimum Gasteiger partial charge on any atom is -0.481 e. The number of halogens is 2. The number of anilines is 1. The van der Waals surface area contributed by atoms with Crippen LogP contribution in [0.1, 0.15) is 43.8 Å². The fourth-order valence-corrected chi connectivity index (χ4v) is 5.53. The number of hydrogen-bond acceptors (Lipinski definition) is 8. The first-order chi connectivity index (χ1) is 15.4. The van der Waals surface area contributed by atoms with Crippen molar-refractivity contribution in [3.63, 3.8) is 0 Å². The van der Waals surface area contributed by atoms with Gasteiger partial charge in [-0.2, -0.15) is 0 Å². The third-order valence-electron chi connectivity index (χ3n) is 5.48. The molecule has 33 heavy (non-hydrogen) atoms. The average molecular weight is 501 g/mol. The van der Waals surface area contributed by atoms with Crippen molar-refractivity contribution >= 4 is 38.5 Å². The number of hydrogen-bond donors (Lipinski definition) is 3. The molecule has 3 N–H and O–H groups in total. The van der Waals surface area contributed by atoms with Crippen LogP contribution in [0.25, 0.3) is 16.3 Å². The van der Waals surface area contributed by atoms with E-state index in [1.165, 1.54) is 23.6 Å². The highest BCUT2D eigenvalue weighted by Crippen LogP contribution is 2.37. The van der Waals surface area contributed by atoms with Gasteiger partial charge in [0.05, 0.1) is 22.8 Å². The molecule has 1 unspecified atom stereocenters. The van der Waals surface area contributed by atoms with Crippen LogP contribution in [0, 0.1) is 5.92 Å². The topological polar surface area (TPSA) is 139 Å². The quantitative estimate of drug-likeness (QED) is 0.408. The van der Waals surface area contributed by atoms with Crippen molar-refractivity contribution in [2.45, 2.75) is 50.0 Å². The lowest BCUT2D eigenvalue weighted by atomic mass is 10.1. The van der Waals surface area contributed by atoms with Crippen molar-refractivity contribution in [2.75, 3.05) is 12.4 Å². The first kappa shape index (κ1) is 23.4. The summed E-state index contributed by atoms with van der Waals surface area (Å²) in [6.07, 6.45) is 0.00673. The van der Waals surface area contributed by atoms with Gasteiger partial charge < -0.3 is 10.4 Å². The van der Waals surface area contributed by atoms with Gasteiger partial charge in [-0.15, -0.1) is 10.2 Å². The Bertz CT molecular complexity index is 1330. The van der Waals surface area contributed by atoms with Crippen molar-refractivity contribution in [2.24, 2.45) is 5.92 Å². The van der Waals surface area contributed by atoms with E-state index in [4.69, 9.17) is 0 Å². The molecule has 4 rings (SSSR count). The van der Waals surface area contributed by atoms with Crippen LogP contribution in [0.2, 0.25) is 0 Å². The summed E-state index contributed by atoms with van der Waals surface area (Å²) in [7, 11) is -2.30. The van der Waals surface area contributed by atoms with Crippen LogP contribution in [-0.2, 0) is 21.2 Å². The van der Waals surface area contributed by atoms with Crippen LogP contribution < -0.4 is 10.0 Å². The predicted octanol–water partition coefficient (Wildman–Crippen LogP) is 2.93. The van der Waals surface area contributed by atoms with E-state index in [0.29, 0.717) is 28.2 Å². The Morgan fingerprint density at radius 2 is 2.06 bits per heavy atom. The number of sulfonamides is 1. The first-order valence-electron chi connectivity index (χ1n) is 10.1. The average Bonchev–Trinajstić information content (AvgIpc) is 3.15. The zero-order valence-electron chi connectivity index (χ0n) is 18.0. The number of nitrogens with one attached hydrogen (secondary N) is 2. The van der Waals surface area contributed by atoms with Gasteiger partial charge in [0.2, 0.25) is 10.0 Å². The number of aliphatic carboxylic acids is 1. The van der Waals surface area contributed by atoms with Crippen LogP contribution in [0.15, 0.2) is 17.2 Å². The number of imidazole rings is 1. The number of rotatable bonds is 9. The maximum atomic E-state index is 13.1. The van der Waals surface area contributed by atoms with E-state index in [-0.39, 0.29) is 22.1 Å². The molecule has 1 aliphatic rings. The lowest BCUT2D eigenvalue weighted by Crippen LogP contribution is -2.34. The Hall–Kier alpha value is -2.71. The summed E-state index contributed by atoms with van der Waals surface area (Å²) in [5.41, 5.74) is 0.692. The zero-order valence-corrected chi connectivity index (χ0v) is 19.6. The van der Waals surface area contributed by atoms with Gasteiger partial charge in [-0.3, -0.25) is 9.20 Å². The number of nitrogens with zero attached hydrogens (tertiary/aromatic N) is 4. The summed E-state index contributed by atoms with van der Waals surface area (Å²) in [6, 6.07) is 1.44. The van der Waals surface area contributed by atoms with E-state index < -0.39 is 38.9 Å². The summed E-state index contributed by atoms with van der Waals surface area (Å²) in [5, 5.41) is 19.2. The van der Waals surface area contributed by atoms with Gasteiger partial charge in [0.25, 0.3) is 6.43 Å². The minimum absolute atomic E-state index is 0.0381. The highest BCUT2D eigenvalue weighted by molar-refractivity contribution is 7.89. The lowest BCUT2D eigenvalue weighted by Gasteiger charge is -2.15. The smallest absolute Gasteiger partial charge is 0.306 e. The molecule has 1 aliphatic carbocycles. The molecule has 1 atom stereocenters. The fourth-order valence-electron chi connectivity index (χ4n) is 3.36. The van der Waals surface area contributed by atoms with Crippen LogP contribution in [0.4, 0.5) is 14.5 Å². The molecule has 14 heteroatoms. The number of fused-ring (bicyclic) bond motifs is 1. The number of aromatic nitrogens is 4. The SMILES string of the molecule is CNc1cc(S(=O)(=O)NC2(C)CC2)cn2c(-c3nnc(C(F)F)s3)nc(CC(C)C(=O)O)c12. The summed E-state index contributed by atoms with van der Waals surface area (Å²) in [5.74, 6) is -1.71. The van der Waals surface area contributed by atoms with E-state index in [1.54, 1.807) is 7.05 Å². The summed E-state index contributed by atoms with van der Waals surface area (Å²) < 4.78 is 56.4. The maximum Gasteiger partial charge on any atom is 0.306 e. The molecule has 0 aromatic carbocycles. The van der Waals surface area contributed by atoms with Crippen LogP contribution in [0.5, 0.6) is 0 Å². The van der Waals surface area contributed by atoms with Gasteiger partial charge in [-0.05, 0) is 25.8 Å². The van der Waals surface area contributed by atoms with Gasteiger partial charge in [0.15, 0.2) is 15.8 Å². The first-order valence-corrected chi connectivity index (χ1v) is 12.4.